The molecule has 0 aliphatic rings. The Balaban J connectivity index is 4.53. The molecule has 0 amide bonds. The molecule has 0 aliphatic heterocycles. The van der Waals surface area contributed by atoms with E-state index in [-0.39, 0.29) is 18.9 Å². The summed E-state index contributed by atoms with van der Waals surface area (Å²) in [6.45, 7) is 5.91. The van der Waals surface area contributed by atoms with Crippen molar-refractivity contribution in [2.24, 2.45) is 11.3 Å². The third-order valence-corrected chi connectivity index (χ3v) is 3.55. The topological polar surface area (TPSA) is 52.6 Å². The van der Waals surface area contributed by atoms with Crippen molar-refractivity contribution in [2.75, 3.05) is 13.2 Å². The van der Waals surface area contributed by atoms with Gasteiger partial charge in [0.05, 0.1) is 24.4 Å². The van der Waals surface area contributed by atoms with E-state index in [0.717, 1.165) is 0 Å². The Bertz CT molecular complexity index is 432. The average Bonchev–Trinajstić information content (AvgIpc) is 2.41. The molecule has 24 heavy (non-hydrogen) atoms. The summed E-state index contributed by atoms with van der Waals surface area (Å²) in [4.78, 5) is 23.5. The molecule has 0 saturated heterocycles. The summed E-state index contributed by atoms with van der Waals surface area (Å²) in [6, 6.07) is 0. The van der Waals surface area contributed by atoms with Crippen LogP contribution in [0.5, 0.6) is 0 Å². The normalized spacial score (nSPS) is 15.1. The summed E-state index contributed by atoms with van der Waals surface area (Å²) in [7, 11) is 0. The molecule has 0 aromatic heterocycles. The summed E-state index contributed by atoms with van der Waals surface area (Å²) >= 11 is 0. The summed E-state index contributed by atoms with van der Waals surface area (Å²) in [5, 5.41) is 0. The van der Waals surface area contributed by atoms with E-state index in [1.807, 2.05) is 0 Å². The third-order valence-electron chi connectivity index (χ3n) is 3.55. The molecule has 0 saturated carbocycles. The minimum Gasteiger partial charge on any atom is -0.465 e. The fourth-order valence-electron chi connectivity index (χ4n) is 1.71. The zero-order valence-electron chi connectivity index (χ0n) is 14.8. The van der Waals surface area contributed by atoms with Gasteiger partial charge >= 0.3 is 11.9 Å². The molecule has 142 valence electrons. The van der Waals surface area contributed by atoms with Crippen LogP contribution in [0.2, 0.25) is 0 Å². The Labute approximate surface area is 139 Å². The van der Waals surface area contributed by atoms with Crippen molar-refractivity contribution < 1.29 is 36.6 Å². The Hall–Kier alpha value is -1.34. The lowest BCUT2D eigenvalue weighted by Crippen LogP contribution is -2.36. The van der Waals surface area contributed by atoms with Gasteiger partial charge in [-0.1, -0.05) is 20.8 Å². The number of alkyl halides is 4. The van der Waals surface area contributed by atoms with E-state index in [2.05, 4.69) is 0 Å². The summed E-state index contributed by atoms with van der Waals surface area (Å²) < 4.78 is 61.8. The lowest BCUT2D eigenvalue weighted by molar-refractivity contribution is -0.166. The van der Waals surface area contributed by atoms with Crippen molar-refractivity contribution in [3.8, 4) is 0 Å². The zero-order valence-corrected chi connectivity index (χ0v) is 14.8. The monoisotopic (exact) mass is 358 g/mol. The number of ether oxygens (including phenoxy) is 2. The molecule has 0 aromatic rings. The van der Waals surface area contributed by atoms with Crippen LogP contribution in [0.3, 0.4) is 0 Å². The molecule has 0 spiro atoms. The van der Waals surface area contributed by atoms with Gasteiger partial charge in [0.25, 0.3) is 11.8 Å². The van der Waals surface area contributed by atoms with Crippen molar-refractivity contribution in [3.05, 3.63) is 0 Å². The van der Waals surface area contributed by atoms with Crippen LogP contribution >= 0.6 is 0 Å². The van der Waals surface area contributed by atoms with E-state index in [1.165, 1.54) is 6.92 Å². The lowest BCUT2D eigenvalue weighted by Gasteiger charge is -2.26. The van der Waals surface area contributed by atoms with Gasteiger partial charge in [-0.05, 0) is 20.3 Å². The number of hydrogen-bond acceptors (Lipinski definition) is 4. The highest BCUT2D eigenvalue weighted by molar-refractivity contribution is 5.77. The molecule has 0 heterocycles. The molecule has 0 rings (SSSR count). The number of carbonyl (C=O) groups is 2. The van der Waals surface area contributed by atoms with Gasteiger partial charge in [0.15, 0.2) is 0 Å². The van der Waals surface area contributed by atoms with E-state index < -0.39 is 48.6 Å². The van der Waals surface area contributed by atoms with E-state index in [0.29, 0.717) is 6.92 Å². The van der Waals surface area contributed by atoms with Crippen LogP contribution in [0.25, 0.3) is 0 Å². The maximum Gasteiger partial charge on any atom is 0.315 e. The molecular weight excluding hydrogens is 332 g/mol. The molecule has 0 aliphatic carbocycles. The smallest absolute Gasteiger partial charge is 0.315 e. The van der Waals surface area contributed by atoms with E-state index in [9.17, 15) is 27.2 Å². The van der Waals surface area contributed by atoms with Crippen molar-refractivity contribution in [1.29, 1.82) is 0 Å². The molecule has 0 aromatic carbocycles. The first kappa shape index (κ1) is 22.7. The Kier molecular flexibility index (Phi) is 8.18. The quantitative estimate of drug-likeness (QED) is 0.433. The highest BCUT2D eigenvalue weighted by Gasteiger charge is 2.41. The SMILES string of the molecule is CCC(C)(COC(=O)C(C)C)C(=O)OCCC(F)(F)CC(C)(F)F. The maximum absolute atomic E-state index is 13.4. The predicted molar refractivity (Wildman–Crippen MR) is 80.0 cm³/mol. The molecule has 1 unspecified atom stereocenters. The van der Waals surface area contributed by atoms with Gasteiger partial charge in [0.2, 0.25) is 0 Å². The zero-order chi connectivity index (χ0) is 19.2. The Morgan fingerprint density at radius 3 is 2.00 bits per heavy atom. The molecular formula is C16H26F4O4. The molecule has 0 bridgehead atoms. The van der Waals surface area contributed by atoms with Crippen LogP contribution in [0, 0.1) is 11.3 Å². The number of carbonyl (C=O) groups excluding carboxylic acids is 2. The van der Waals surface area contributed by atoms with Gasteiger partial charge in [-0.2, -0.15) is 0 Å². The fraction of sp³-hybridized carbons (Fsp3) is 0.875. The van der Waals surface area contributed by atoms with Crippen LogP contribution in [0.1, 0.15) is 53.9 Å². The van der Waals surface area contributed by atoms with Crippen molar-refractivity contribution in [3.63, 3.8) is 0 Å². The first-order valence-electron chi connectivity index (χ1n) is 7.82. The van der Waals surface area contributed by atoms with E-state index in [4.69, 9.17) is 9.47 Å². The second-order valence-corrected chi connectivity index (χ2v) is 6.67. The first-order chi connectivity index (χ1) is 10.7. The Morgan fingerprint density at radius 1 is 1.04 bits per heavy atom. The molecule has 0 radical (unpaired) electrons. The highest BCUT2D eigenvalue weighted by Crippen LogP contribution is 2.33. The first-order valence-corrected chi connectivity index (χ1v) is 7.82. The van der Waals surface area contributed by atoms with E-state index >= 15 is 0 Å². The molecule has 1 atom stereocenters. The number of rotatable bonds is 10. The van der Waals surface area contributed by atoms with Crippen LogP contribution in [0.15, 0.2) is 0 Å². The average molecular weight is 358 g/mol. The molecule has 0 fully saturated rings. The minimum atomic E-state index is -3.63. The van der Waals surface area contributed by atoms with Crippen LogP contribution in [0.4, 0.5) is 17.6 Å². The maximum atomic E-state index is 13.4. The van der Waals surface area contributed by atoms with Gasteiger partial charge in [0, 0.05) is 6.42 Å². The summed E-state index contributed by atoms with van der Waals surface area (Å²) in [6.07, 6.45) is -2.33. The number of halogens is 4. The standard InChI is InChI=1S/C16H26F4O4/c1-6-14(4,10-24-12(21)11(2)3)13(22)23-8-7-16(19,20)9-15(5,17)18/h11H,6-10H2,1-5H3. The van der Waals surface area contributed by atoms with Crippen molar-refractivity contribution >= 4 is 11.9 Å². The summed E-state index contributed by atoms with van der Waals surface area (Å²) in [5.41, 5.74) is -1.17. The predicted octanol–water partition coefficient (Wildman–Crippen LogP) is 4.22. The molecule has 4 nitrogen and oxygen atoms in total. The van der Waals surface area contributed by atoms with Crippen LogP contribution in [-0.2, 0) is 19.1 Å². The number of esters is 2. The van der Waals surface area contributed by atoms with Crippen molar-refractivity contribution in [2.45, 2.75) is 65.7 Å². The van der Waals surface area contributed by atoms with Crippen LogP contribution < -0.4 is 0 Å². The number of hydrogen-bond donors (Lipinski definition) is 0. The van der Waals surface area contributed by atoms with Gasteiger partial charge < -0.3 is 9.47 Å². The lowest BCUT2D eigenvalue weighted by atomic mass is 9.89. The minimum absolute atomic E-state index is 0.233. The van der Waals surface area contributed by atoms with Gasteiger partial charge in [0.1, 0.15) is 6.61 Å². The fourth-order valence-corrected chi connectivity index (χ4v) is 1.71. The van der Waals surface area contributed by atoms with Crippen LogP contribution in [-0.4, -0.2) is 37.0 Å². The highest BCUT2D eigenvalue weighted by atomic mass is 19.3. The van der Waals surface area contributed by atoms with Gasteiger partial charge in [-0.25, -0.2) is 17.6 Å². The second-order valence-electron chi connectivity index (χ2n) is 6.67. The summed E-state index contributed by atoms with van der Waals surface area (Å²) in [5.74, 6) is -8.79. The second kappa shape index (κ2) is 8.67. The largest absolute Gasteiger partial charge is 0.465 e. The Morgan fingerprint density at radius 2 is 1.58 bits per heavy atom. The molecule has 0 N–H and O–H groups in total. The molecule has 8 heteroatoms. The van der Waals surface area contributed by atoms with Gasteiger partial charge in [-0.15, -0.1) is 0 Å². The van der Waals surface area contributed by atoms with Gasteiger partial charge in [-0.3, -0.25) is 9.59 Å². The van der Waals surface area contributed by atoms with E-state index in [1.54, 1.807) is 20.8 Å². The van der Waals surface area contributed by atoms with Crippen molar-refractivity contribution in [1.82, 2.24) is 0 Å². The third kappa shape index (κ3) is 8.49.